The van der Waals surface area contributed by atoms with Crippen LogP contribution in [0.2, 0.25) is 0 Å². The molecule has 0 saturated carbocycles. The van der Waals surface area contributed by atoms with Crippen LogP contribution in [-0.4, -0.2) is 71.3 Å². The van der Waals surface area contributed by atoms with Gasteiger partial charge in [0.15, 0.2) is 5.96 Å². The third-order valence-electron chi connectivity index (χ3n) is 6.16. The zero-order valence-electron chi connectivity index (χ0n) is 18.2. The SMILES string of the molecule is CN=C(NCc1ccc(N2CCOC(C)C2)nc1)N1CCC(C)C(n2ccnc2)C1. The van der Waals surface area contributed by atoms with E-state index in [-0.39, 0.29) is 6.10 Å². The van der Waals surface area contributed by atoms with Crippen LogP contribution >= 0.6 is 0 Å². The average molecular weight is 412 g/mol. The second-order valence-electron chi connectivity index (χ2n) is 8.34. The molecule has 2 aliphatic heterocycles. The highest BCUT2D eigenvalue weighted by molar-refractivity contribution is 5.80. The molecule has 2 aromatic rings. The summed E-state index contributed by atoms with van der Waals surface area (Å²) in [4.78, 5) is 18.1. The van der Waals surface area contributed by atoms with Gasteiger partial charge in [0.1, 0.15) is 5.82 Å². The number of aliphatic imine (C=N–C) groups is 1. The molecule has 2 aliphatic rings. The number of ether oxygens (including phenoxy) is 1. The van der Waals surface area contributed by atoms with Crippen molar-refractivity contribution in [2.75, 3.05) is 44.7 Å². The van der Waals surface area contributed by atoms with Crippen LogP contribution in [0.3, 0.4) is 0 Å². The van der Waals surface area contributed by atoms with E-state index >= 15 is 0 Å². The predicted octanol–water partition coefficient (Wildman–Crippen LogP) is 2.16. The number of nitrogens with zero attached hydrogens (tertiary/aromatic N) is 6. The minimum atomic E-state index is 0.253. The van der Waals surface area contributed by atoms with Crippen molar-refractivity contribution in [2.24, 2.45) is 10.9 Å². The van der Waals surface area contributed by atoms with Crippen LogP contribution in [0.15, 0.2) is 42.0 Å². The van der Waals surface area contributed by atoms with Gasteiger partial charge < -0.3 is 24.4 Å². The number of hydrogen-bond donors (Lipinski definition) is 1. The van der Waals surface area contributed by atoms with Gasteiger partial charge in [-0.15, -0.1) is 0 Å². The third-order valence-corrected chi connectivity index (χ3v) is 6.16. The molecule has 0 aliphatic carbocycles. The zero-order chi connectivity index (χ0) is 20.9. The Morgan fingerprint density at radius 1 is 1.27 bits per heavy atom. The van der Waals surface area contributed by atoms with E-state index in [0.29, 0.717) is 18.5 Å². The first-order chi connectivity index (χ1) is 14.6. The average Bonchev–Trinajstić information content (AvgIpc) is 3.30. The minimum Gasteiger partial charge on any atom is -0.375 e. The predicted molar refractivity (Wildman–Crippen MR) is 119 cm³/mol. The molecule has 8 nitrogen and oxygen atoms in total. The van der Waals surface area contributed by atoms with Gasteiger partial charge in [0.25, 0.3) is 0 Å². The summed E-state index contributed by atoms with van der Waals surface area (Å²) in [5, 5.41) is 3.52. The smallest absolute Gasteiger partial charge is 0.193 e. The summed E-state index contributed by atoms with van der Waals surface area (Å²) < 4.78 is 7.85. The zero-order valence-corrected chi connectivity index (χ0v) is 18.2. The highest BCUT2D eigenvalue weighted by atomic mass is 16.5. The molecule has 3 atom stereocenters. The normalized spacial score (nSPS) is 25.4. The lowest BCUT2D eigenvalue weighted by molar-refractivity contribution is 0.0529. The number of rotatable bonds is 4. The molecule has 30 heavy (non-hydrogen) atoms. The van der Waals surface area contributed by atoms with Crippen LogP contribution in [0.1, 0.15) is 31.9 Å². The number of imidazole rings is 1. The summed E-state index contributed by atoms with van der Waals surface area (Å²) in [6.07, 6.45) is 9.18. The summed E-state index contributed by atoms with van der Waals surface area (Å²) in [7, 11) is 1.85. The van der Waals surface area contributed by atoms with Crippen LogP contribution in [0.5, 0.6) is 0 Å². The number of morpholine rings is 1. The van der Waals surface area contributed by atoms with Gasteiger partial charge in [-0.1, -0.05) is 13.0 Å². The first-order valence-corrected chi connectivity index (χ1v) is 10.9. The lowest BCUT2D eigenvalue weighted by atomic mass is 9.93. The molecule has 0 amide bonds. The van der Waals surface area contributed by atoms with Gasteiger partial charge in [-0.25, -0.2) is 9.97 Å². The molecule has 4 rings (SSSR count). The van der Waals surface area contributed by atoms with Crippen molar-refractivity contribution in [3.8, 4) is 0 Å². The Hall–Kier alpha value is -2.61. The van der Waals surface area contributed by atoms with Crippen LogP contribution < -0.4 is 10.2 Å². The van der Waals surface area contributed by atoms with Gasteiger partial charge in [-0.2, -0.15) is 0 Å². The maximum absolute atomic E-state index is 5.62. The lowest BCUT2D eigenvalue weighted by Crippen LogP contribution is -2.48. The molecule has 0 aromatic carbocycles. The van der Waals surface area contributed by atoms with E-state index in [0.717, 1.165) is 56.5 Å². The number of guanidine groups is 1. The fourth-order valence-corrected chi connectivity index (χ4v) is 4.34. The molecule has 3 unspecified atom stereocenters. The Bertz CT molecular complexity index is 821. The van der Waals surface area contributed by atoms with Gasteiger partial charge in [0.2, 0.25) is 0 Å². The first-order valence-electron chi connectivity index (χ1n) is 10.9. The number of likely N-dealkylation sites (tertiary alicyclic amines) is 1. The minimum absolute atomic E-state index is 0.253. The largest absolute Gasteiger partial charge is 0.375 e. The van der Waals surface area contributed by atoms with Gasteiger partial charge in [-0.05, 0) is 30.9 Å². The fourth-order valence-electron chi connectivity index (χ4n) is 4.34. The van der Waals surface area contributed by atoms with Crippen molar-refractivity contribution in [3.63, 3.8) is 0 Å². The molecule has 2 aromatic heterocycles. The van der Waals surface area contributed by atoms with Crippen molar-refractivity contribution in [1.29, 1.82) is 0 Å². The third kappa shape index (κ3) is 4.75. The van der Waals surface area contributed by atoms with Crippen LogP contribution in [-0.2, 0) is 11.3 Å². The highest BCUT2D eigenvalue weighted by Gasteiger charge is 2.28. The van der Waals surface area contributed by atoms with E-state index in [4.69, 9.17) is 4.74 Å². The lowest BCUT2D eigenvalue weighted by Gasteiger charge is -2.39. The summed E-state index contributed by atoms with van der Waals surface area (Å²) >= 11 is 0. The van der Waals surface area contributed by atoms with E-state index in [1.54, 1.807) is 0 Å². The second-order valence-corrected chi connectivity index (χ2v) is 8.34. The molecule has 2 saturated heterocycles. The molecule has 8 heteroatoms. The van der Waals surface area contributed by atoms with E-state index in [2.05, 4.69) is 66.8 Å². The Balaban J connectivity index is 1.34. The van der Waals surface area contributed by atoms with Crippen molar-refractivity contribution in [1.82, 2.24) is 24.8 Å². The van der Waals surface area contributed by atoms with E-state index in [9.17, 15) is 0 Å². The molecule has 162 valence electrons. The maximum atomic E-state index is 5.62. The number of aromatic nitrogens is 3. The molecule has 2 fully saturated rings. The Morgan fingerprint density at radius 3 is 2.87 bits per heavy atom. The second kappa shape index (κ2) is 9.47. The summed E-state index contributed by atoms with van der Waals surface area (Å²) in [6.45, 7) is 9.63. The Labute approximate surface area is 179 Å². The molecule has 0 bridgehead atoms. The molecular formula is C22H33N7O. The maximum Gasteiger partial charge on any atom is 0.193 e. The fraction of sp³-hybridized carbons (Fsp3) is 0.591. The van der Waals surface area contributed by atoms with Crippen molar-refractivity contribution < 1.29 is 4.74 Å². The molecule has 0 spiro atoms. The van der Waals surface area contributed by atoms with E-state index < -0.39 is 0 Å². The van der Waals surface area contributed by atoms with E-state index in [1.165, 1.54) is 0 Å². The van der Waals surface area contributed by atoms with Crippen molar-refractivity contribution in [3.05, 3.63) is 42.6 Å². The van der Waals surface area contributed by atoms with Crippen LogP contribution in [0.25, 0.3) is 0 Å². The van der Waals surface area contributed by atoms with Crippen molar-refractivity contribution >= 4 is 11.8 Å². The van der Waals surface area contributed by atoms with E-state index in [1.807, 2.05) is 25.8 Å². The van der Waals surface area contributed by atoms with Crippen LogP contribution in [0, 0.1) is 5.92 Å². The van der Waals surface area contributed by atoms with Gasteiger partial charge in [0.05, 0.1) is 25.1 Å². The monoisotopic (exact) mass is 411 g/mol. The van der Waals surface area contributed by atoms with Crippen molar-refractivity contribution in [2.45, 2.75) is 39.0 Å². The molecule has 0 radical (unpaired) electrons. The number of piperidine rings is 1. The molecule has 4 heterocycles. The summed E-state index contributed by atoms with van der Waals surface area (Å²) in [5.74, 6) is 2.58. The standard InChI is InChI=1S/C22H33N7O/c1-17-6-8-28(15-20(17)29-9-7-24-16-29)22(23-3)26-13-19-4-5-21(25-12-19)27-10-11-30-18(2)14-27/h4-5,7,9,12,16-18,20H,6,8,10-11,13-15H2,1-3H3,(H,23,26). The highest BCUT2D eigenvalue weighted by Crippen LogP contribution is 2.27. The number of pyridine rings is 1. The van der Waals surface area contributed by atoms with Gasteiger partial charge in [0, 0.05) is 58.4 Å². The topological polar surface area (TPSA) is 70.8 Å². The van der Waals surface area contributed by atoms with Gasteiger partial charge in [-0.3, -0.25) is 4.99 Å². The number of hydrogen-bond acceptors (Lipinski definition) is 5. The van der Waals surface area contributed by atoms with Gasteiger partial charge >= 0.3 is 0 Å². The first kappa shape index (κ1) is 20.7. The summed E-state index contributed by atoms with van der Waals surface area (Å²) in [6, 6.07) is 4.67. The quantitative estimate of drug-likeness (QED) is 0.614. The Morgan fingerprint density at radius 2 is 2.17 bits per heavy atom. The Kier molecular flexibility index (Phi) is 6.52. The molecule has 1 N–H and O–H groups in total. The number of nitrogens with one attached hydrogen (secondary N) is 1. The number of anilines is 1. The van der Waals surface area contributed by atoms with Crippen LogP contribution in [0.4, 0.5) is 5.82 Å². The molecular weight excluding hydrogens is 378 g/mol. The summed E-state index contributed by atoms with van der Waals surface area (Å²) in [5.41, 5.74) is 1.15.